The monoisotopic (exact) mass is 268 g/mol. The summed E-state index contributed by atoms with van der Waals surface area (Å²) in [7, 11) is 0. The molecule has 0 nitrogen and oxygen atoms in total. The van der Waals surface area contributed by atoms with Crippen molar-refractivity contribution in [1.29, 1.82) is 0 Å². The topological polar surface area (TPSA) is 0 Å². The van der Waals surface area contributed by atoms with Gasteiger partial charge in [-0.2, -0.15) is 0 Å². The van der Waals surface area contributed by atoms with E-state index in [9.17, 15) is 0 Å². The summed E-state index contributed by atoms with van der Waals surface area (Å²) in [6, 6.07) is 0. The van der Waals surface area contributed by atoms with Crippen LogP contribution in [0.4, 0.5) is 0 Å². The van der Waals surface area contributed by atoms with Crippen molar-refractivity contribution >= 4 is 0 Å². The first-order chi connectivity index (χ1) is 10.3. The number of hydrogen-bond acceptors (Lipinski definition) is 0. The predicted molar refractivity (Wildman–Crippen MR) is 87.5 cm³/mol. The Balaban J connectivity index is 1.90. The molecule has 0 radical (unpaired) electrons. The summed E-state index contributed by atoms with van der Waals surface area (Å²) in [6.07, 6.45) is 24.9. The highest BCUT2D eigenvalue weighted by Crippen LogP contribution is 2.54. The second-order valence-corrected chi connectivity index (χ2v) is 6.24. The number of hydrogen-bond donors (Lipinski definition) is 0. The van der Waals surface area contributed by atoms with Crippen LogP contribution in [0.15, 0.2) is 106 Å². The fraction of sp³-hybridized carbons (Fsp3) is 0.143. The van der Waals surface area contributed by atoms with E-state index in [4.69, 9.17) is 0 Å². The molecule has 0 heterocycles. The molecule has 0 saturated heterocycles. The minimum absolute atomic E-state index is 0.437. The number of fused-ring (bicyclic) bond motifs is 1. The van der Waals surface area contributed by atoms with E-state index in [-0.39, 0.29) is 0 Å². The molecule has 5 rings (SSSR count). The standard InChI is InChI=1S/C21H16/c1-13-11-12-15-7-3-9-17-16-8-2-5-14-6-4-10-18(20(14)16)19(13)21(15)17/h2-12,20-21H,1H3. The second-order valence-electron chi connectivity index (χ2n) is 6.24. The first-order valence-electron chi connectivity index (χ1n) is 7.62. The third kappa shape index (κ3) is 1.35. The summed E-state index contributed by atoms with van der Waals surface area (Å²) in [6.45, 7) is 2.25. The SMILES string of the molecule is CC1=CC=C2C=CC=C3C4=CC=CC5=CC=CC(=C1C23)C54. The maximum atomic E-state index is 2.33. The summed E-state index contributed by atoms with van der Waals surface area (Å²) in [5, 5.41) is 0. The van der Waals surface area contributed by atoms with Crippen molar-refractivity contribution in [3.05, 3.63) is 106 Å². The zero-order chi connectivity index (χ0) is 14.0. The summed E-state index contributed by atoms with van der Waals surface area (Å²) in [5.41, 5.74) is 10.3. The molecular weight excluding hydrogens is 252 g/mol. The summed E-state index contributed by atoms with van der Waals surface area (Å²) in [5.74, 6) is 0.875. The van der Waals surface area contributed by atoms with Gasteiger partial charge in [-0.25, -0.2) is 0 Å². The molecule has 2 unspecified atom stereocenters. The van der Waals surface area contributed by atoms with Gasteiger partial charge in [0.1, 0.15) is 0 Å². The maximum Gasteiger partial charge on any atom is 0.0348 e. The number of rotatable bonds is 0. The maximum absolute atomic E-state index is 2.33. The minimum atomic E-state index is 0.437. The van der Waals surface area contributed by atoms with Gasteiger partial charge in [0.25, 0.3) is 0 Å². The lowest BCUT2D eigenvalue weighted by Crippen LogP contribution is -2.30. The Morgan fingerprint density at radius 3 is 2.14 bits per heavy atom. The van der Waals surface area contributed by atoms with Crippen LogP contribution in [0.2, 0.25) is 0 Å². The molecule has 5 aliphatic carbocycles. The van der Waals surface area contributed by atoms with E-state index in [0.717, 1.165) is 0 Å². The van der Waals surface area contributed by atoms with E-state index in [1.165, 1.54) is 39.0 Å². The first-order valence-corrected chi connectivity index (χ1v) is 7.62. The third-order valence-electron chi connectivity index (χ3n) is 5.18. The van der Waals surface area contributed by atoms with Crippen LogP contribution in [0.5, 0.6) is 0 Å². The van der Waals surface area contributed by atoms with Gasteiger partial charge >= 0.3 is 0 Å². The molecular formula is C21H16. The molecule has 0 saturated carbocycles. The van der Waals surface area contributed by atoms with Gasteiger partial charge < -0.3 is 0 Å². The van der Waals surface area contributed by atoms with Crippen LogP contribution in [0.1, 0.15) is 6.92 Å². The molecule has 0 aromatic heterocycles. The lowest BCUT2D eigenvalue weighted by molar-refractivity contribution is 0.714. The van der Waals surface area contributed by atoms with E-state index < -0.39 is 0 Å². The minimum Gasteiger partial charge on any atom is -0.0616 e. The molecule has 100 valence electrons. The molecule has 21 heavy (non-hydrogen) atoms. The van der Waals surface area contributed by atoms with Crippen molar-refractivity contribution < 1.29 is 0 Å². The lowest BCUT2D eigenvalue weighted by Gasteiger charge is -2.43. The number of allylic oxidation sites excluding steroid dienone is 18. The van der Waals surface area contributed by atoms with E-state index in [1.54, 1.807) is 0 Å². The van der Waals surface area contributed by atoms with Crippen molar-refractivity contribution in [2.45, 2.75) is 6.92 Å². The van der Waals surface area contributed by atoms with Crippen LogP contribution in [-0.4, -0.2) is 0 Å². The molecule has 0 amide bonds. The Labute approximate surface area is 125 Å². The summed E-state index contributed by atoms with van der Waals surface area (Å²) in [4.78, 5) is 0. The average Bonchev–Trinajstić information content (AvgIpc) is 2.53. The second kappa shape index (κ2) is 3.85. The van der Waals surface area contributed by atoms with Crippen LogP contribution >= 0.6 is 0 Å². The molecule has 0 fully saturated rings. The normalized spacial score (nSPS) is 30.8. The van der Waals surface area contributed by atoms with Crippen molar-refractivity contribution in [2.75, 3.05) is 0 Å². The highest BCUT2D eigenvalue weighted by Gasteiger charge is 2.41. The fourth-order valence-electron chi connectivity index (χ4n) is 4.31. The Morgan fingerprint density at radius 1 is 0.667 bits per heavy atom. The van der Waals surface area contributed by atoms with Crippen LogP contribution in [0, 0.1) is 11.8 Å². The Bertz CT molecular complexity index is 838. The van der Waals surface area contributed by atoms with Gasteiger partial charge in [-0.05, 0) is 45.9 Å². The Hall–Kier alpha value is -2.34. The Kier molecular flexibility index (Phi) is 2.08. The van der Waals surface area contributed by atoms with Gasteiger partial charge in [-0.1, -0.05) is 66.8 Å². The molecule has 0 N–H and O–H groups in total. The third-order valence-corrected chi connectivity index (χ3v) is 5.18. The van der Waals surface area contributed by atoms with E-state index in [2.05, 4.69) is 73.8 Å². The van der Waals surface area contributed by atoms with Gasteiger partial charge in [0.2, 0.25) is 0 Å². The van der Waals surface area contributed by atoms with Crippen molar-refractivity contribution in [1.82, 2.24) is 0 Å². The van der Waals surface area contributed by atoms with Gasteiger partial charge in [0, 0.05) is 11.8 Å². The predicted octanol–water partition coefficient (Wildman–Crippen LogP) is 4.90. The van der Waals surface area contributed by atoms with Crippen molar-refractivity contribution in [2.24, 2.45) is 11.8 Å². The average molecular weight is 268 g/mol. The smallest absolute Gasteiger partial charge is 0.0348 e. The van der Waals surface area contributed by atoms with E-state index in [1.807, 2.05) is 0 Å². The van der Waals surface area contributed by atoms with Gasteiger partial charge in [-0.15, -0.1) is 0 Å². The molecule has 0 spiro atoms. The molecule has 0 aliphatic heterocycles. The van der Waals surface area contributed by atoms with Gasteiger partial charge in [0.05, 0.1) is 0 Å². The quantitative estimate of drug-likeness (QED) is 0.586. The molecule has 0 aromatic carbocycles. The van der Waals surface area contributed by atoms with Crippen molar-refractivity contribution in [3.8, 4) is 0 Å². The van der Waals surface area contributed by atoms with Crippen molar-refractivity contribution in [3.63, 3.8) is 0 Å². The Morgan fingerprint density at radius 2 is 1.33 bits per heavy atom. The first kappa shape index (κ1) is 11.3. The van der Waals surface area contributed by atoms with Gasteiger partial charge in [-0.3, -0.25) is 0 Å². The molecule has 5 aliphatic rings. The molecule has 2 atom stereocenters. The summed E-state index contributed by atoms with van der Waals surface area (Å²) < 4.78 is 0. The molecule has 0 bridgehead atoms. The highest BCUT2D eigenvalue weighted by atomic mass is 14.4. The fourth-order valence-corrected chi connectivity index (χ4v) is 4.31. The zero-order valence-corrected chi connectivity index (χ0v) is 12.0. The van der Waals surface area contributed by atoms with E-state index in [0.29, 0.717) is 11.8 Å². The van der Waals surface area contributed by atoms with Crippen LogP contribution in [0.25, 0.3) is 0 Å². The van der Waals surface area contributed by atoms with Crippen LogP contribution < -0.4 is 0 Å². The van der Waals surface area contributed by atoms with Crippen LogP contribution in [-0.2, 0) is 0 Å². The van der Waals surface area contributed by atoms with Gasteiger partial charge in [0.15, 0.2) is 0 Å². The molecule has 0 aromatic rings. The van der Waals surface area contributed by atoms with E-state index >= 15 is 0 Å². The highest BCUT2D eigenvalue weighted by molar-refractivity contribution is 5.71. The lowest BCUT2D eigenvalue weighted by atomic mass is 9.60. The summed E-state index contributed by atoms with van der Waals surface area (Å²) >= 11 is 0. The zero-order valence-electron chi connectivity index (χ0n) is 12.0. The molecule has 0 heteroatoms. The largest absolute Gasteiger partial charge is 0.0616 e. The van der Waals surface area contributed by atoms with Crippen LogP contribution in [0.3, 0.4) is 0 Å².